The number of rotatable bonds is 6. The van der Waals surface area contributed by atoms with Crippen molar-refractivity contribution in [3.63, 3.8) is 0 Å². The number of carbonyl (C=O) groups excluding carboxylic acids is 1. The van der Waals surface area contributed by atoms with Crippen LogP contribution in [0, 0.1) is 0 Å². The van der Waals surface area contributed by atoms with Crippen molar-refractivity contribution < 1.29 is 9.90 Å². The fourth-order valence-electron chi connectivity index (χ4n) is 3.71. The fourth-order valence-corrected chi connectivity index (χ4v) is 3.71. The summed E-state index contributed by atoms with van der Waals surface area (Å²) in [6, 6.07) is 21.5. The van der Waals surface area contributed by atoms with Crippen LogP contribution < -0.4 is 5.32 Å². The average molecular weight is 387 g/mol. The topological polar surface area (TPSA) is 65.5 Å². The highest BCUT2D eigenvalue weighted by molar-refractivity contribution is 5.94. The predicted octanol–water partition coefficient (Wildman–Crippen LogP) is 2.90. The van der Waals surface area contributed by atoms with Gasteiger partial charge in [0.15, 0.2) is 0 Å². The molecule has 1 atom stereocenters. The molecule has 0 radical (unpaired) electrons. The Morgan fingerprint density at radius 1 is 1.03 bits per heavy atom. The molecule has 2 aromatic carbocycles. The predicted molar refractivity (Wildman–Crippen MR) is 113 cm³/mol. The summed E-state index contributed by atoms with van der Waals surface area (Å²) in [5, 5.41) is 13.2. The number of benzene rings is 2. The van der Waals surface area contributed by atoms with E-state index in [1.165, 1.54) is 11.1 Å². The van der Waals surface area contributed by atoms with Crippen molar-refractivity contribution in [1.82, 2.24) is 15.2 Å². The molecule has 148 valence electrons. The zero-order valence-electron chi connectivity index (χ0n) is 16.3. The van der Waals surface area contributed by atoms with Crippen LogP contribution in [-0.2, 0) is 13.0 Å². The molecule has 29 heavy (non-hydrogen) atoms. The first-order valence-electron chi connectivity index (χ1n) is 9.96. The van der Waals surface area contributed by atoms with E-state index in [-0.39, 0.29) is 12.5 Å². The van der Waals surface area contributed by atoms with Gasteiger partial charge in [0.25, 0.3) is 5.91 Å². The maximum absolute atomic E-state index is 12.4. The monoisotopic (exact) mass is 387 g/mol. The lowest BCUT2D eigenvalue weighted by molar-refractivity contribution is 0.0842. The van der Waals surface area contributed by atoms with Gasteiger partial charge in [0.1, 0.15) is 0 Å². The molecule has 3 aromatic rings. The molecule has 1 amide bonds. The SMILES string of the molecule is O=C(NCC(O)CN1CCc2ccccc2C1)c1ccc(-c2ccccn2)cc1. The molecular formula is C24H25N3O2. The summed E-state index contributed by atoms with van der Waals surface area (Å²) in [7, 11) is 0. The van der Waals surface area contributed by atoms with Crippen molar-refractivity contribution >= 4 is 5.91 Å². The first kappa shape index (κ1) is 19.3. The smallest absolute Gasteiger partial charge is 0.251 e. The zero-order valence-corrected chi connectivity index (χ0v) is 16.3. The van der Waals surface area contributed by atoms with E-state index in [4.69, 9.17) is 0 Å². The molecule has 0 bridgehead atoms. The Morgan fingerprint density at radius 2 is 1.79 bits per heavy atom. The van der Waals surface area contributed by atoms with Gasteiger partial charge < -0.3 is 10.4 Å². The van der Waals surface area contributed by atoms with E-state index in [0.29, 0.717) is 12.1 Å². The Labute approximate surface area is 171 Å². The van der Waals surface area contributed by atoms with Crippen molar-refractivity contribution in [2.45, 2.75) is 19.1 Å². The fraction of sp³-hybridized carbons (Fsp3) is 0.250. The van der Waals surface area contributed by atoms with Gasteiger partial charge in [-0.2, -0.15) is 0 Å². The summed E-state index contributed by atoms with van der Waals surface area (Å²) in [5.41, 5.74) is 5.12. The van der Waals surface area contributed by atoms with Gasteiger partial charge in [0, 0.05) is 43.5 Å². The third-order valence-corrected chi connectivity index (χ3v) is 5.28. The normalized spacial score (nSPS) is 14.8. The number of nitrogens with one attached hydrogen (secondary N) is 1. The number of pyridine rings is 1. The summed E-state index contributed by atoms with van der Waals surface area (Å²) >= 11 is 0. The maximum Gasteiger partial charge on any atom is 0.251 e. The van der Waals surface area contributed by atoms with E-state index in [1.54, 1.807) is 18.3 Å². The summed E-state index contributed by atoms with van der Waals surface area (Å²) in [6.45, 7) is 2.55. The van der Waals surface area contributed by atoms with Crippen LogP contribution in [-0.4, -0.2) is 46.6 Å². The van der Waals surface area contributed by atoms with E-state index < -0.39 is 6.10 Å². The standard InChI is InChI=1S/C24H25N3O2/c28-22(17-27-14-12-18-5-1-2-6-21(18)16-27)15-26-24(29)20-10-8-19(9-11-20)23-7-3-4-13-25-23/h1-11,13,22,28H,12,14-17H2,(H,26,29). The van der Waals surface area contributed by atoms with Crippen molar-refractivity contribution in [2.24, 2.45) is 0 Å². The quantitative estimate of drug-likeness (QED) is 0.683. The highest BCUT2D eigenvalue weighted by atomic mass is 16.3. The van der Waals surface area contributed by atoms with Gasteiger partial charge in [-0.05, 0) is 41.8 Å². The van der Waals surface area contributed by atoms with Gasteiger partial charge in [0.2, 0.25) is 0 Å². The Balaban J connectivity index is 1.27. The molecule has 1 aliphatic heterocycles. The summed E-state index contributed by atoms with van der Waals surface area (Å²) < 4.78 is 0. The molecule has 0 saturated heterocycles. The van der Waals surface area contributed by atoms with E-state index in [9.17, 15) is 9.90 Å². The molecule has 2 N–H and O–H groups in total. The number of amides is 1. The second kappa shape index (κ2) is 8.99. The van der Waals surface area contributed by atoms with Crippen molar-refractivity contribution in [3.05, 3.63) is 89.6 Å². The van der Waals surface area contributed by atoms with Gasteiger partial charge in [-0.25, -0.2) is 0 Å². The second-order valence-electron chi connectivity index (χ2n) is 7.41. The molecule has 0 spiro atoms. The van der Waals surface area contributed by atoms with Crippen LogP contribution in [0.1, 0.15) is 21.5 Å². The molecule has 2 heterocycles. The lowest BCUT2D eigenvalue weighted by atomic mass is 10.00. The van der Waals surface area contributed by atoms with E-state index in [1.807, 2.05) is 30.3 Å². The molecule has 0 aliphatic carbocycles. The third-order valence-electron chi connectivity index (χ3n) is 5.28. The van der Waals surface area contributed by atoms with Crippen LogP contribution in [0.3, 0.4) is 0 Å². The van der Waals surface area contributed by atoms with Crippen LogP contribution in [0.5, 0.6) is 0 Å². The number of hydrogen-bond acceptors (Lipinski definition) is 4. The van der Waals surface area contributed by atoms with Crippen molar-refractivity contribution in [3.8, 4) is 11.3 Å². The van der Waals surface area contributed by atoms with E-state index in [2.05, 4.69) is 39.5 Å². The molecule has 0 fully saturated rings. The zero-order chi connectivity index (χ0) is 20.1. The minimum absolute atomic E-state index is 0.180. The molecule has 1 aliphatic rings. The first-order valence-corrected chi connectivity index (χ1v) is 9.96. The van der Waals surface area contributed by atoms with Gasteiger partial charge in [-0.1, -0.05) is 42.5 Å². The number of aliphatic hydroxyl groups excluding tert-OH is 1. The third kappa shape index (κ3) is 4.88. The molecule has 1 unspecified atom stereocenters. The maximum atomic E-state index is 12.4. The largest absolute Gasteiger partial charge is 0.390 e. The lowest BCUT2D eigenvalue weighted by Crippen LogP contribution is -2.42. The Morgan fingerprint density at radius 3 is 2.55 bits per heavy atom. The Kier molecular flexibility index (Phi) is 5.98. The molecular weight excluding hydrogens is 362 g/mol. The van der Waals surface area contributed by atoms with Crippen LogP contribution in [0.4, 0.5) is 0 Å². The summed E-state index contributed by atoms with van der Waals surface area (Å²) in [6.07, 6.45) is 2.15. The van der Waals surface area contributed by atoms with Crippen molar-refractivity contribution in [1.29, 1.82) is 0 Å². The number of carbonyl (C=O) groups is 1. The second-order valence-corrected chi connectivity index (χ2v) is 7.41. The minimum Gasteiger partial charge on any atom is -0.390 e. The molecule has 1 aromatic heterocycles. The van der Waals surface area contributed by atoms with Crippen LogP contribution >= 0.6 is 0 Å². The molecule has 5 nitrogen and oxygen atoms in total. The number of aromatic nitrogens is 1. The van der Waals surface area contributed by atoms with Crippen LogP contribution in [0.25, 0.3) is 11.3 Å². The minimum atomic E-state index is -0.600. The van der Waals surface area contributed by atoms with E-state index >= 15 is 0 Å². The van der Waals surface area contributed by atoms with Crippen LogP contribution in [0.2, 0.25) is 0 Å². The average Bonchev–Trinajstić information content (AvgIpc) is 2.78. The Bertz CT molecular complexity index is 957. The van der Waals surface area contributed by atoms with Gasteiger partial charge in [0.05, 0.1) is 11.8 Å². The lowest BCUT2D eigenvalue weighted by Gasteiger charge is -2.30. The van der Waals surface area contributed by atoms with Gasteiger partial charge >= 0.3 is 0 Å². The summed E-state index contributed by atoms with van der Waals surface area (Å²) in [4.78, 5) is 19.0. The number of β-amino-alcohol motifs (C(OH)–C–C–N with tert-alkyl or cyclic N) is 1. The first-order chi connectivity index (χ1) is 14.2. The number of nitrogens with zero attached hydrogens (tertiary/aromatic N) is 2. The molecule has 4 rings (SSSR count). The number of hydrogen-bond donors (Lipinski definition) is 2. The highest BCUT2D eigenvalue weighted by Crippen LogP contribution is 2.19. The van der Waals surface area contributed by atoms with E-state index in [0.717, 1.165) is 30.8 Å². The number of aliphatic hydroxyl groups is 1. The molecule has 5 heteroatoms. The number of fused-ring (bicyclic) bond motifs is 1. The Hall–Kier alpha value is -3.02. The van der Waals surface area contributed by atoms with Crippen molar-refractivity contribution in [2.75, 3.05) is 19.6 Å². The van der Waals surface area contributed by atoms with Crippen LogP contribution in [0.15, 0.2) is 72.9 Å². The van der Waals surface area contributed by atoms with Gasteiger partial charge in [-0.3, -0.25) is 14.7 Å². The van der Waals surface area contributed by atoms with Gasteiger partial charge in [-0.15, -0.1) is 0 Å². The highest BCUT2D eigenvalue weighted by Gasteiger charge is 2.19. The summed E-state index contributed by atoms with van der Waals surface area (Å²) in [5.74, 6) is -0.180. The molecule has 0 saturated carbocycles.